The third kappa shape index (κ3) is 3.35. The van der Waals surface area contributed by atoms with Crippen LogP contribution < -0.4 is 5.32 Å². The van der Waals surface area contributed by atoms with Crippen molar-refractivity contribution < 1.29 is 34.7 Å². The van der Waals surface area contributed by atoms with Crippen molar-refractivity contribution in [2.24, 2.45) is 0 Å². The SMILES string of the molecule is CO[C@@H]1OC(CO)[C@H](O)C(O)[C@@H]1NCC(=O)O. The molecule has 100 valence electrons. The number of carboxylic acid groups (broad SMARTS) is 1. The molecule has 5 atom stereocenters. The smallest absolute Gasteiger partial charge is 0.317 e. The van der Waals surface area contributed by atoms with E-state index in [0.717, 1.165) is 0 Å². The van der Waals surface area contributed by atoms with Crippen LogP contribution in [0.4, 0.5) is 0 Å². The van der Waals surface area contributed by atoms with Gasteiger partial charge in [-0.1, -0.05) is 0 Å². The van der Waals surface area contributed by atoms with Gasteiger partial charge in [-0.25, -0.2) is 0 Å². The number of hydrogen-bond donors (Lipinski definition) is 5. The third-order valence-electron chi connectivity index (χ3n) is 2.60. The van der Waals surface area contributed by atoms with Gasteiger partial charge in [0.1, 0.15) is 18.3 Å². The lowest BCUT2D eigenvalue weighted by molar-refractivity contribution is -0.263. The number of aliphatic carboxylic acids is 1. The Hall–Kier alpha value is -0.770. The van der Waals surface area contributed by atoms with E-state index in [2.05, 4.69) is 5.32 Å². The molecule has 8 heteroatoms. The zero-order chi connectivity index (χ0) is 13.0. The first kappa shape index (κ1) is 14.3. The Morgan fingerprint density at radius 3 is 2.53 bits per heavy atom. The average Bonchev–Trinajstić information content (AvgIpc) is 2.30. The molecule has 0 amide bonds. The van der Waals surface area contributed by atoms with E-state index in [0.29, 0.717) is 0 Å². The van der Waals surface area contributed by atoms with Crippen molar-refractivity contribution in [3.63, 3.8) is 0 Å². The van der Waals surface area contributed by atoms with Crippen LogP contribution in [0.1, 0.15) is 0 Å². The highest BCUT2D eigenvalue weighted by Gasteiger charge is 2.44. The molecule has 1 aliphatic heterocycles. The summed E-state index contributed by atoms with van der Waals surface area (Å²) in [7, 11) is 1.32. The summed E-state index contributed by atoms with van der Waals surface area (Å²) in [6.45, 7) is -0.870. The number of carboxylic acids is 1. The molecule has 17 heavy (non-hydrogen) atoms. The maximum absolute atomic E-state index is 10.4. The fourth-order valence-corrected chi connectivity index (χ4v) is 1.71. The van der Waals surface area contributed by atoms with E-state index in [4.69, 9.17) is 19.7 Å². The van der Waals surface area contributed by atoms with Crippen molar-refractivity contribution >= 4 is 5.97 Å². The highest BCUT2D eigenvalue weighted by atomic mass is 16.7. The standard InChI is InChI=1S/C9H17NO7/c1-16-9-6(10-2-5(12)13)8(15)7(14)4(3-11)17-9/h4,6-11,14-15H,2-3H2,1H3,(H,12,13)/t4?,6-,7-,8?,9+/m0/s1. The number of aliphatic hydroxyl groups is 3. The summed E-state index contributed by atoms with van der Waals surface area (Å²) in [6.07, 6.45) is -4.49. The van der Waals surface area contributed by atoms with Crippen LogP contribution in [0.3, 0.4) is 0 Å². The van der Waals surface area contributed by atoms with Crippen LogP contribution in [0.25, 0.3) is 0 Å². The lowest BCUT2D eigenvalue weighted by Crippen LogP contribution is -2.64. The predicted molar refractivity (Wildman–Crippen MR) is 54.2 cm³/mol. The van der Waals surface area contributed by atoms with Gasteiger partial charge >= 0.3 is 5.97 Å². The van der Waals surface area contributed by atoms with Gasteiger partial charge in [0.05, 0.1) is 19.2 Å². The molecule has 8 nitrogen and oxygen atoms in total. The summed E-state index contributed by atoms with van der Waals surface area (Å²) in [5.41, 5.74) is 0. The third-order valence-corrected chi connectivity index (χ3v) is 2.60. The van der Waals surface area contributed by atoms with Crippen molar-refractivity contribution in [3.05, 3.63) is 0 Å². The molecule has 0 aromatic rings. The Morgan fingerprint density at radius 2 is 2.06 bits per heavy atom. The van der Waals surface area contributed by atoms with Crippen LogP contribution in [-0.4, -0.2) is 77.3 Å². The first-order valence-corrected chi connectivity index (χ1v) is 5.11. The molecule has 1 heterocycles. The summed E-state index contributed by atoms with van der Waals surface area (Å²) in [6, 6.07) is -0.881. The molecule has 0 saturated carbocycles. The second-order valence-electron chi connectivity index (χ2n) is 3.74. The van der Waals surface area contributed by atoms with E-state index in [9.17, 15) is 15.0 Å². The Labute approximate surface area is 97.8 Å². The minimum Gasteiger partial charge on any atom is -0.480 e. The quantitative estimate of drug-likeness (QED) is 0.352. The van der Waals surface area contributed by atoms with E-state index >= 15 is 0 Å². The Balaban J connectivity index is 2.68. The summed E-state index contributed by atoms with van der Waals surface area (Å²) in [5, 5.41) is 39.3. The van der Waals surface area contributed by atoms with Gasteiger partial charge < -0.3 is 29.9 Å². The number of hydrogen-bond acceptors (Lipinski definition) is 7. The second-order valence-corrected chi connectivity index (χ2v) is 3.74. The van der Waals surface area contributed by atoms with E-state index in [1.54, 1.807) is 0 Å². The zero-order valence-electron chi connectivity index (χ0n) is 9.31. The lowest BCUT2D eigenvalue weighted by Gasteiger charge is -2.41. The molecule has 1 saturated heterocycles. The zero-order valence-corrected chi connectivity index (χ0v) is 9.31. The van der Waals surface area contributed by atoms with Gasteiger partial charge in [0.2, 0.25) is 0 Å². The largest absolute Gasteiger partial charge is 0.480 e. The number of rotatable bonds is 5. The molecule has 5 N–H and O–H groups in total. The lowest BCUT2D eigenvalue weighted by atomic mass is 9.97. The monoisotopic (exact) mass is 251 g/mol. The molecule has 0 aromatic heterocycles. The normalized spacial score (nSPS) is 38.0. The molecule has 0 bridgehead atoms. The fraction of sp³-hybridized carbons (Fsp3) is 0.889. The van der Waals surface area contributed by atoms with Crippen LogP contribution in [0, 0.1) is 0 Å². The topological polar surface area (TPSA) is 128 Å². The number of nitrogens with one attached hydrogen (secondary N) is 1. The van der Waals surface area contributed by atoms with Crippen molar-refractivity contribution in [1.29, 1.82) is 0 Å². The molecular formula is C9H17NO7. The second kappa shape index (κ2) is 6.24. The first-order chi connectivity index (χ1) is 8.01. The maximum Gasteiger partial charge on any atom is 0.317 e. The van der Waals surface area contributed by atoms with Gasteiger partial charge in [-0.2, -0.15) is 0 Å². The van der Waals surface area contributed by atoms with Gasteiger partial charge in [0.25, 0.3) is 0 Å². The number of aliphatic hydroxyl groups excluding tert-OH is 3. The van der Waals surface area contributed by atoms with Crippen LogP contribution in [0.5, 0.6) is 0 Å². The minimum atomic E-state index is -1.31. The molecule has 0 aliphatic carbocycles. The van der Waals surface area contributed by atoms with Crippen molar-refractivity contribution in [3.8, 4) is 0 Å². The molecular weight excluding hydrogens is 234 g/mol. The average molecular weight is 251 g/mol. The van der Waals surface area contributed by atoms with Gasteiger partial charge in [-0.05, 0) is 0 Å². The summed E-state index contributed by atoms with van der Waals surface area (Å²) in [4.78, 5) is 10.4. The summed E-state index contributed by atoms with van der Waals surface area (Å²) < 4.78 is 10.1. The van der Waals surface area contributed by atoms with Gasteiger partial charge in [-0.15, -0.1) is 0 Å². The van der Waals surface area contributed by atoms with Crippen LogP contribution in [0.2, 0.25) is 0 Å². The Bertz CT molecular complexity index is 260. The molecule has 0 spiro atoms. The van der Waals surface area contributed by atoms with Gasteiger partial charge in [0.15, 0.2) is 6.29 Å². The molecule has 2 unspecified atom stereocenters. The van der Waals surface area contributed by atoms with E-state index < -0.39 is 49.8 Å². The first-order valence-electron chi connectivity index (χ1n) is 5.11. The summed E-state index contributed by atoms with van der Waals surface area (Å²) in [5.74, 6) is -1.11. The highest BCUT2D eigenvalue weighted by Crippen LogP contribution is 2.21. The van der Waals surface area contributed by atoms with Gasteiger partial charge in [0, 0.05) is 7.11 Å². The van der Waals surface area contributed by atoms with E-state index in [1.807, 2.05) is 0 Å². The van der Waals surface area contributed by atoms with Gasteiger partial charge in [-0.3, -0.25) is 10.1 Å². The van der Waals surface area contributed by atoms with Crippen molar-refractivity contribution in [2.45, 2.75) is 30.6 Å². The van der Waals surface area contributed by atoms with Crippen molar-refractivity contribution in [1.82, 2.24) is 5.32 Å². The van der Waals surface area contributed by atoms with Crippen LogP contribution in [-0.2, 0) is 14.3 Å². The molecule has 1 rings (SSSR count). The highest BCUT2D eigenvalue weighted by molar-refractivity contribution is 5.69. The number of ether oxygens (including phenoxy) is 2. The Kier molecular flexibility index (Phi) is 5.25. The Morgan fingerprint density at radius 1 is 1.41 bits per heavy atom. The minimum absolute atomic E-state index is 0.401. The predicted octanol–water partition coefficient (Wildman–Crippen LogP) is -2.89. The van der Waals surface area contributed by atoms with Crippen LogP contribution in [0.15, 0.2) is 0 Å². The summed E-state index contributed by atoms with van der Waals surface area (Å²) >= 11 is 0. The number of carbonyl (C=O) groups is 1. The molecule has 1 aliphatic rings. The molecule has 0 aromatic carbocycles. The van der Waals surface area contributed by atoms with E-state index in [1.165, 1.54) is 7.11 Å². The van der Waals surface area contributed by atoms with Crippen molar-refractivity contribution in [2.75, 3.05) is 20.3 Å². The molecule has 1 fully saturated rings. The maximum atomic E-state index is 10.4. The van der Waals surface area contributed by atoms with E-state index in [-0.39, 0.29) is 0 Å². The number of methoxy groups -OCH3 is 1. The fourth-order valence-electron chi connectivity index (χ4n) is 1.71. The van der Waals surface area contributed by atoms with Crippen LogP contribution >= 0.6 is 0 Å². The molecule has 0 radical (unpaired) electrons.